The third-order valence-corrected chi connectivity index (χ3v) is 6.69. The molecule has 2 aromatic carbocycles. The number of anilines is 1. The minimum Gasteiger partial charge on any atom is -0.354 e. The standard InChI is InChI=1S/C25H34FN3O4S/c1-4-5-17-27-25(31)20(2)28(19-21-12-9-10-15-23(21)26)24(30)16-11-18-29(34(3,32)33)22-13-7-6-8-14-22/h6-10,12-15,20H,4-5,11,16-19H2,1-3H3,(H,27,31)/t20-/m0/s1. The van der Waals surface area contributed by atoms with Crippen molar-refractivity contribution in [2.75, 3.05) is 23.7 Å². The van der Waals surface area contributed by atoms with Crippen LogP contribution in [0.4, 0.5) is 10.1 Å². The van der Waals surface area contributed by atoms with E-state index in [4.69, 9.17) is 0 Å². The van der Waals surface area contributed by atoms with E-state index in [1.165, 1.54) is 15.3 Å². The van der Waals surface area contributed by atoms with E-state index in [2.05, 4.69) is 5.32 Å². The summed E-state index contributed by atoms with van der Waals surface area (Å²) in [7, 11) is -3.54. The zero-order valence-electron chi connectivity index (χ0n) is 20.0. The summed E-state index contributed by atoms with van der Waals surface area (Å²) in [5.74, 6) is -1.10. The van der Waals surface area contributed by atoms with Gasteiger partial charge >= 0.3 is 0 Å². The summed E-state index contributed by atoms with van der Waals surface area (Å²) < 4.78 is 40.1. The van der Waals surface area contributed by atoms with Crippen molar-refractivity contribution in [2.24, 2.45) is 0 Å². The van der Waals surface area contributed by atoms with Gasteiger partial charge in [-0.2, -0.15) is 0 Å². The number of hydrogen-bond acceptors (Lipinski definition) is 4. The number of nitrogens with zero attached hydrogens (tertiary/aromatic N) is 2. The van der Waals surface area contributed by atoms with Gasteiger partial charge in [0.05, 0.1) is 11.9 Å². The van der Waals surface area contributed by atoms with E-state index in [-0.39, 0.29) is 37.7 Å². The van der Waals surface area contributed by atoms with E-state index in [9.17, 15) is 22.4 Å². The summed E-state index contributed by atoms with van der Waals surface area (Å²) in [6.45, 7) is 4.19. The van der Waals surface area contributed by atoms with Crippen LogP contribution in [0.1, 0.15) is 45.1 Å². The van der Waals surface area contributed by atoms with Gasteiger partial charge in [0.2, 0.25) is 21.8 Å². The number of para-hydroxylation sites is 1. The lowest BCUT2D eigenvalue weighted by molar-refractivity contribution is -0.140. The monoisotopic (exact) mass is 491 g/mol. The van der Waals surface area contributed by atoms with Crippen molar-refractivity contribution in [3.63, 3.8) is 0 Å². The first-order valence-electron chi connectivity index (χ1n) is 11.5. The highest BCUT2D eigenvalue weighted by Crippen LogP contribution is 2.19. The van der Waals surface area contributed by atoms with Crippen LogP contribution in [0.2, 0.25) is 0 Å². The minimum atomic E-state index is -3.54. The first-order valence-corrected chi connectivity index (χ1v) is 13.3. The highest BCUT2D eigenvalue weighted by Gasteiger charge is 2.27. The Morgan fingerprint density at radius 3 is 2.29 bits per heavy atom. The maximum Gasteiger partial charge on any atom is 0.242 e. The number of unbranched alkanes of at least 4 members (excludes halogenated alkanes) is 1. The Labute approximate surface area is 202 Å². The summed E-state index contributed by atoms with van der Waals surface area (Å²) >= 11 is 0. The largest absolute Gasteiger partial charge is 0.354 e. The second kappa shape index (κ2) is 13.1. The number of halogens is 1. The lowest BCUT2D eigenvalue weighted by Gasteiger charge is -2.29. The molecule has 0 aliphatic rings. The molecule has 7 nitrogen and oxygen atoms in total. The van der Waals surface area contributed by atoms with E-state index < -0.39 is 21.9 Å². The average Bonchev–Trinajstić information content (AvgIpc) is 2.80. The molecular weight excluding hydrogens is 457 g/mol. The van der Waals surface area contributed by atoms with Gasteiger partial charge in [-0.25, -0.2) is 12.8 Å². The van der Waals surface area contributed by atoms with E-state index in [1.807, 2.05) is 6.92 Å². The van der Waals surface area contributed by atoms with Gasteiger partial charge in [0.1, 0.15) is 11.9 Å². The van der Waals surface area contributed by atoms with Crippen LogP contribution in [-0.2, 0) is 26.2 Å². The van der Waals surface area contributed by atoms with Crippen LogP contribution in [0.5, 0.6) is 0 Å². The van der Waals surface area contributed by atoms with E-state index in [0.717, 1.165) is 19.1 Å². The molecular formula is C25H34FN3O4S. The summed E-state index contributed by atoms with van der Waals surface area (Å²) in [6, 6.07) is 14.0. The van der Waals surface area contributed by atoms with Crippen molar-refractivity contribution < 1.29 is 22.4 Å². The van der Waals surface area contributed by atoms with E-state index in [1.54, 1.807) is 55.5 Å². The molecule has 2 rings (SSSR count). The predicted molar refractivity (Wildman–Crippen MR) is 132 cm³/mol. The van der Waals surface area contributed by atoms with E-state index in [0.29, 0.717) is 17.8 Å². The molecule has 1 N–H and O–H groups in total. The molecule has 0 bridgehead atoms. The fourth-order valence-electron chi connectivity index (χ4n) is 3.53. The second-order valence-electron chi connectivity index (χ2n) is 8.21. The molecule has 2 aromatic rings. The zero-order valence-corrected chi connectivity index (χ0v) is 20.9. The van der Waals surface area contributed by atoms with Gasteiger partial charge in [0.15, 0.2) is 0 Å². The molecule has 1 atom stereocenters. The topological polar surface area (TPSA) is 86.8 Å². The van der Waals surface area contributed by atoms with Crippen LogP contribution < -0.4 is 9.62 Å². The maximum absolute atomic E-state index is 14.3. The molecule has 0 spiro atoms. The molecule has 0 fully saturated rings. The average molecular weight is 492 g/mol. The number of nitrogens with one attached hydrogen (secondary N) is 1. The van der Waals surface area contributed by atoms with Gasteiger partial charge in [-0.05, 0) is 38.0 Å². The summed E-state index contributed by atoms with van der Waals surface area (Å²) in [5, 5.41) is 2.82. The first-order chi connectivity index (χ1) is 16.1. The van der Waals surface area contributed by atoms with E-state index >= 15 is 0 Å². The van der Waals surface area contributed by atoms with Crippen molar-refractivity contribution >= 4 is 27.5 Å². The third kappa shape index (κ3) is 8.13. The minimum absolute atomic E-state index is 0.0138. The zero-order chi connectivity index (χ0) is 25.1. The van der Waals surface area contributed by atoms with Crippen LogP contribution >= 0.6 is 0 Å². The van der Waals surface area contributed by atoms with Gasteiger partial charge in [-0.3, -0.25) is 13.9 Å². The molecule has 34 heavy (non-hydrogen) atoms. The Bertz CT molecular complexity index is 1050. The molecule has 0 saturated heterocycles. The van der Waals surface area contributed by atoms with Crippen LogP contribution in [0, 0.1) is 5.82 Å². The fraction of sp³-hybridized carbons (Fsp3) is 0.440. The number of amides is 2. The molecule has 0 aromatic heterocycles. The van der Waals surface area contributed by atoms with Crippen molar-refractivity contribution in [1.82, 2.24) is 10.2 Å². The van der Waals surface area contributed by atoms with Gasteiger partial charge in [0.25, 0.3) is 0 Å². The molecule has 0 aliphatic heterocycles. The fourth-order valence-corrected chi connectivity index (χ4v) is 4.49. The summed E-state index contributed by atoms with van der Waals surface area (Å²) in [5.41, 5.74) is 0.829. The van der Waals surface area contributed by atoms with Crippen molar-refractivity contribution in [2.45, 2.75) is 52.1 Å². The first kappa shape index (κ1) is 27.3. The lowest BCUT2D eigenvalue weighted by atomic mass is 10.1. The SMILES string of the molecule is CCCCNC(=O)[C@H](C)N(Cc1ccccc1F)C(=O)CCCN(c1ccccc1)S(C)(=O)=O. The molecule has 9 heteroatoms. The van der Waals surface area contributed by atoms with Gasteiger partial charge in [-0.1, -0.05) is 49.7 Å². The molecule has 0 heterocycles. The summed E-state index contributed by atoms with van der Waals surface area (Å²) in [4.78, 5) is 27.2. The quantitative estimate of drug-likeness (QED) is 0.433. The van der Waals surface area contributed by atoms with Gasteiger partial charge in [-0.15, -0.1) is 0 Å². The molecule has 0 radical (unpaired) electrons. The summed E-state index contributed by atoms with van der Waals surface area (Å²) in [6.07, 6.45) is 3.12. The molecule has 0 aliphatic carbocycles. The molecule has 0 saturated carbocycles. The van der Waals surface area contributed by atoms with Gasteiger partial charge < -0.3 is 10.2 Å². The van der Waals surface area contributed by atoms with Crippen molar-refractivity contribution in [1.29, 1.82) is 0 Å². The van der Waals surface area contributed by atoms with Crippen LogP contribution in [0.15, 0.2) is 54.6 Å². The van der Waals surface area contributed by atoms with Gasteiger partial charge in [0, 0.05) is 31.6 Å². The highest BCUT2D eigenvalue weighted by atomic mass is 32.2. The van der Waals surface area contributed by atoms with Crippen LogP contribution in [0.3, 0.4) is 0 Å². The van der Waals surface area contributed by atoms with Crippen molar-refractivity contribution in [3.8, 4) is 0 Å². The second-order valence-corrected chi connectivity index (χ2v) is 10.1. The Morgan fingerprint density at radius 1 is 1.03 bits per heavy atom. The predicted octanol–water partition coefficient (Wildman–Crippen LogP) is 3.71. The normalized spacial score (nSPS) is 12.1. The van der Waals surface area contributed by atoms with Crippen LogP contribution in [0.25, 0.3) is 0 Å². The number of benzene rings is 2. The highest BCUT2D eigenvalue weighted by molar-refractivity contribution is 7.92. The Kier molecular flexibility index (Phi) is 10.5. The van der Waals surface area contributed by atoms with Crippen LogP contribution in [-0.4, -0.2) is 50.5 Å². The number of rotatable bonds is 13. The Hall–Kier alpha value is -2.94. The number of carbonyl (C=O) groups is 2. The number of hydrogen-bond donors (Lipinski definition) is 1. The number of sulfonamides is 1. The number of carbonyl (C=O) groups excluding carboxylic acids is 2. The molecule has 186 valence electrons. The third-order valence-electron chi connectivity index (χ3n) is 5.49. The van der Waals surface area contributed by atoms with Crippen molar-refractivity contribution in [3.05, 3.63) is 66.0 Å². The maximum atomic E-state index is 14.3. The molecule has 0 unspecified atom stereocenters. The Balaban J connectivity index is 2.13. The Morgan fingerprint density at radius 2 is 1.68 bits per heavy atom. The smallest absolute Gasteiger partial charge is 0.242 e. The lowest BCUT2D eigenvalue weighted by Crippen LogP contribution is -2.48. The molecule has 2 amide bonds.